The molecule has 0 bridgehead atoms. The number of anilines is 1. The van der Waals surface area contributed by atoms with Crippen molar-refractivity contribution in [3.63, 3.8) is 0 Å². The van der Waals surface area contributed by atoms with Gasteiger partial charge in [0.25, 0.3) is 0 Å². The van der Waals surface area contributed by atoms with Crippen LogP contribution in [0.1, 0.15) is 26.6 Å². The fourth-order valence-electron chi connectivity index (χ4n) is 1.79. The fourth-order valence-corrected chi connectivity index (χ4v) is 1.79. The lowest BCUT2D eigenvalue weighted by Crippen LogP contribution is -2.22. The summed E-state index contributed by atoms with van der Waals surface area (Å²) >= 11 is 0. The highest BCUT2D eigenvalue weighted by atomic mass is 16.4. The van der Waals surface area contributed by atoms with Crippen molar-refractivity contribution >= 4 is 22.8 Å². The van der Waals surface area contributed by atoms with E-state index in [2.05, 4.69) is 4.98 Å². The average Bonchev–Trinajstić information content (AvgIpc) is 2.55. The number of hydrogen-bond acceptors (Lipinski definition) is 3. The second-order valence-electron chi connectivity index (χ2n) is 5.05. The van der Waals surface area contributed by atoms with Crippen LogP contribution in [0.2, 0.25) is 0 Å². The van der Waals surface area contributed by atoms with Crippen LogP contribution >= 0.6 is 0 Å². The normalized spacial score (nSPS) is 11.9. The minimum Gasteiger partial charge on any atom is -0.464 e. The minimum absolute atomic E-state index is 0.341. The summed E-state index contributed by atoms with van der Waals surface area (Å²) in [4.78, 5) is 15.7. The van der Waals surface area contributed by atoms with E-state index in [-0.39, 0.29) is 5.41 Å². The lowest BCUT2D eigenvalue weighted by Gasteiger charge is -2.17. The zero-order valence-electron chi connectivity index (χ0n) is 10.1. The predicted molar refractivity (Wildman–Crippen MR) is 66.3 cm³/mol. The van der Waals surface area contributed by atoms with E-state index in [1.165, 1.54) is 4.57 Å². The first-order chi connectivity index (χ1) is 7.80. The molecule has 0 atom stereocenters. The van der Waals surface area contributed by atoms with E-state index in [4.69, 9.17) is 5.73 Å². The molecule has 5 heteroatoms. The van der Waals surface area contributed by atoms with Gasteiger partial charge in [0.1, 0.15) is 5.82 Å². The van der Waals surface area contributed by atoms with Crippen molar-refractivity contribution in [3.8, 4) is 0 Å². The molecule has 0 aliphatic heterocycles. The van der Waals surface area contributed by atoms with E-state index >= 15 is 0 Å². The van der Waals surface area contributed by atoms with Gasteiger partial charge in [-0.15, -0.1) is 0 Å². The molecular weight excluding hydrogens is 218 g/mol. The van der Waals surface area contributed by atoms with Crippen LogP contribution in [0.15, 0.2) is 18.2 Å². The van der Waals surface area contributed by atoms with Crippen molar-refractivity contribution in [3.05, 3.63) is 24.0 Å². The number of aromatic nitrogens is 2. The van der Waals surface area contributed by atoms with Crippen LogP contribution in [0, 0.1) is 0 Å². The van der Waals surface area contributed by atoms with Crippen LogP contribution in [0.4, 0.5) is 10.5 Å². The molecule has 0 radical (unpaired) electrons. The van der Waals surface area contributed by atoms with Crippen LogP contribution in [-0.2, 0) is 5.41 Å². The van der Waals surface area contributed by atoms with Crippen molar-refractivity contribution in [1.29, 1.82) is 0 Å². The predicted octanol–water partition coefficient (Wildman–Crippen LogP) is 2.44. The second kappa shape index (κ2) is 3.48. The lowest BCUT2D eigenvalue weighted by molar-refractivity contribution is 0.195. The van der Waals surface area contributed by atoms with Gasteiger partial charge in [0.05, 0.1) is 11.0 Å². The van der Waals surface area contributed by atoms with Gasteiger partial charge < -0.3 is 10.8 Å². The molecule has 5 nitrogen and oxygen atoms in total. The molecule has 2 rings (SSSR count). The van der Waals surface area contributed by atoms with E-state index in [1.807, 2.05) is 20.8 Å². The Labute approximate surface area is 98.9 Å². The first-order valence-electron chi connectivity index (χ1n) is 5.32. The van der Waals surface area contributed by atoms with Crippen LogP contribution in [0.25, 0.3) is 11.0 Å². The molecule has 0 amide bonds. The Kier molecular flexibility index (Phi) is 2.34. The van der Waals surface area contributed by atoms with Gasteiger partial charge in [-0.2, -0.15) is 0 Å². The van der Waals surface area contributed by atoms with Gasteiger partial charge in [-0.25, -0.2) is 14.3 Å². The maximum Gasteiger partial charge on any atom is 0.417 e. The Morgan fingerprint density at radius 1 is 1.41 bits per heavy atom. The number of benzene rings is 1. The Bertz CT molecular complexity index is 594. The topological polar surface area (TPSA) is 81.1 Å². The third-order valence-corrected chi connectivity index (χ3v) is 2.54. The molecule has 0 saturated carbocycles. The SMILES string of the molecule is CC(C)(C)c1nc2ccc(N)cc2n1C(=O)O. The molecule has 0 aliphatic carbocycles. The number of nitrogen functional groups attached to an aromatic ring is 1. The summed E-state index contributed by atoms with van der Waals surface area (Å²) in [5, 5.41) is 9.29. The summed E-state index contributed by atoms with van der Waals surface area (Å²) in [6.45, 7) is 5.78. The highest BCUT2D eigenvalue weighted by Crippen LogP contribution is 2.27. The number of nitrogens with two attached hydrogens (primary N) is 1. The molecule has 1 aromatic heterocycles. The molecule has 1 heterocycles. The van der Waals surface area contributed by atoms with Gasteiger partial charge in [0, 0.05) is 11.1 Å². The van der Waals surface area contributed by atoms with Crippen LogP contribution < -0.4 is 5.73 Å². The van der Waals surface area contributed by atoms with Crippen LogP contribution in [0.5, 0.6) is 0 Å². The van der Waals surface area contributed by atoms with Crippen molar-refractivity contribution in [2.75, 3.05) is 5.73 Å². The maximum absolute atomic E-state index is 11.3. The molecule has 0 fully saturated rings. The molecule has 2 aromatic rings. The number of fused-ring (bicyclic) bond motifs is 1. The number of carboxylic acid groups (broad SMARTS) is 1. The maximum atomic E-state index is 11.3. The molecule has 0 aliphatic rings. The van der Waals surface area contributed by atoms with Gasteiger partial charge in [-0.1, -0.05) is 20.8 Å². The summed E-state index contributed by atoms with van der Waals surface area (Å²) in [7, 11) is 0. The van der Waals surface area contributed by atoms with E-state index < -0.39 is 6.09 Å². The first kappa shape index (κ1) is 11.4. The van der Waals surface area contributed by atoms with Gasteiger partial charge in [-0.3, -0.25) is 0 Å². The van der Waals surface area contributed by atoms with E-state index in [0.29, 0.717) is 22.5 Å². The monoisotopic (exact) mass is 233 g/mol. The lowest BCUT2D eigenvalue weighted by atomic mass is 9.96. The Balaban J connectivity index is 2.86. The quantitative estimate of drug-likeness (QED) is 0.685. The third kappa shape index (κ3) is 1.84. The molecule has 17 heavy (non-hydrogen) atoms. The number of carbonyl (C=O) groups is 1. The number of rotatable bonds is 0. The highest BCUT2D eigenvalue weighted by Gasteiger charge is 2.25. The first-order valence-corrected chi connectivity index (χ1v) is 5.32. The molecule has 0 saturated heterocycles. The standard InChI is InChI=1S/C12H15N3O2/c1-12(2,3)10-14-8-5-4-7(13)6-9(8)15(10)11(16)17/h4-6H,13H2,1-3H3,(H,16,17). The summed E-state index contributed by atoms with van der Waals surface area (Å²) in [6.07, 6.45) is -1.04. The second-order valence-corrected chi connectivity index (χ2v) is 5.05. The minimum atomic E-state index is -1.04. The molecule has 3 N–H and O–H groups in total. The largest absolute Gasteiger partial charge is 0.464 e. The average molecular weight is 233 g/mol. The van der Waals surface area contributed by atoms with Crippen molar-refractivity contribution in [1.82, 2.24) is 9.55 Å². The van der Waals surface area contributed by atoms with Gasteiger partial charge >= 0.3 is 6.09 Å². The van der Waals surface area contributed by atoms with Gasteiger partial charge in [0.15, 0.2) is 0 Å². The summed E-state index contributed by atoms with van der Waals surface area (Å²) in [6, 6.07) is 5.08. The summed E-state index contributed by atoms with van der Waals surface area (Å²) < 4.78 is 1.20. The smallest absolute Gasteiger partial charge is 0.417 e. The van der Waals surface area contributed by atoms with E-state index in [1.54, 1.807) is 18.2 Å². The number of hydrogen-bond donors (Lipinski definition) is 2. The van der Waals surface area contributed by atoms with Crippen molar-refractivity contribution in [2.24, 2.45) is 0 Å². The highest BCUT2D eigenvalue weighted by molar-refractivity contribution is 5.88. The Morgan fingerprint density at radius 3 is 2.59 bits per heavy atom. The zero-order chi connectivity index (χ0) is 12.8. The Hall–Kier alpha value is -2.04. The number of nitrogens with zero attached hydrogens (tertiary/aromatic N) is 2. The molecule has 0 unspecified atom stereocenters. The molecular formula is C12H15N3O2. The van der Waals surface area contributed by atoms with Gasteiger partial charge in [0.2, 0.25) is 0 Å². The van der Waals surface area contributed by atoms with Crippen LogP contribution in [-0.4, -0.2) is 20.8 Å². The van der Waals surface area contributed by atoms with Gasteiger partial charge in [-0.05, 0) is 18.2 Å². The molecule has 0 spiro atoms. The third-order valence-electron chi connectivity index (χ3n) is 2.54. The van der Waals surface area contributed by atoms with Crippen LogP contribution in [0.3, 0.4) is 0 Å². The van der Waals surface area contributed by atoms with E-state index in [0.717, 1.165) is 0 Å². The summed E-state index contributed by atoms with van der Waals surface area (Å²) in [5.41, 5.74) is 7.04. The van der Waals surface area contributed by atoms with Crippen molar-refractivity contribution in [2.45, 2.75) is 26.2 Å². The number of imidazole rings is 1. The summed E-state index contributed by atoms with van der Waals surface area (Å²) in [5.74, 6) is 0.519. The zero-order valence-corrected chi connectivity index (χ0v) is 10.1. The van der Waals surface area contributed by atoms with E-state index in [9.17, 15) is 9.90 Å². The van der Waals surface area contributed by atoms with Crippen molar-refractivity contribution < 1.29 is 9.90 Å². The molecule has 90 valence electrons. The molecule has 1 aromatic carbocycles. The Morgan fingerprint density at radius 2 is 2.06 bits per heavy atom. The fraction of sp³-hybridized carbons (Fsp3) is 0.333.